The normalized spacial score (nSPS) is 12.5. The first kappa shape index (κ1) is 8.78. The molecular formula is C10H11I. The first-order valence-electron chi connectivity index (χ1n) is 3.62. The molecule has 0 heterocycles. The van der Waals surface area contributed by atoms with Crippen LogP contribution in [0.2, 0.25) is 0 Å². The lowest BCUT2D eigenvalue weighted by molar-refractivity contribution is 1.01. The van der Waals surface area contributed by atoms with Crippen molar-refractivity contribution in [2.75, 3.05) is 4.43 Å². The third-order valence-corrected chi connectivity index (χ3v) is 2.63. The summed E-state index contributed by atoms with van der Waals surface area (Å²) in [6, 6.07) is 10.5. The lowest BCUT2D eigenvalue weighted by Gasteiger charge is -2.07. The van der Waals surface area contributed by atoms with Crippen molar-refractivity contribution in [2.45, 2.75) is 5.92 Å². The molecule has 1 atom stereocenters. The van der Waals surface area contributed by atoms with Crippen LogP contribution in [0.5, 0.6) is 0 Å². The highest BCUT2D eigenvalue weighted by Gasteiger charge is 2.02. The van der Waals surface area contributed by atoms with Gasteiger partial charge in [-0.2, -0.15) is 0 Å². The Kier molecular flexibility index (Phi) is 3.63. The van der Waals surface area contributed by atoms with Gasteiger partial charge in [0.1, 0.15) is 0 Å². The van der Waals surface area contributed by atoms with E-state index in [1.165, 1.54) is 5.56 Å². The first-order chi connectivity index (χ1) is 5.38. The van der Waals surface area contributed by atoms with Crippen LogP contribution in [-0.4, -0.2) is 4.43 Å². The summed E-state index contributed by atoms with van der Waals surface area (Å²) in [5.41, 5.74) is 1.36. The van der Waals surface area contributed by atoms with E-state index in [1.807, 2.05) is 12.1 Å². The quantitative estimate of drug-likeness (QED) is 0.443. The fraction of sp³-hybridized carbons (Fsp3) is 0.200. The minimum atomic E-state index is 0.511. The van der Waals surface area contributed by atoms with E-state index in [-0.39, 0.29) is 0 Å². The predicted octanol–water partition coefficient (Wildman–Crippen LogP) is 3.39. The number of rotatable bonds is 3. The molecule has 0 saturated heterocycles. The highest BCUT2D eigenvalue weighted by atomic mass is 127. The van der Waals surface area contributed by atoms with Gasteiger partial charge in [0.25, 0.3) is 0 Å². The molecule has 1 unspecified atom stereocenters. The van der Waals surface area contributed by atoms with Crippen LogP contribution in [0.1, 0.15) is 11.5 Å². The molecule has 58 valence electrons. The molecule has 0 N–H and O–H groups in total. The van der Waals surface area contributed by atoms with Crippen LogP contribution in [0.3, 0.4) is 0 Å². The van der Waals surface area contributed by atoms with E-state index in [0.29, 0.717) is 5.92 Å². The SMILES string of the molecule is C=CC(CI)c1ccccc1. The summed E-state index contributed by atoms with van der Waals surface area (Å²) in [5, 5.41) is 0. The summed E-state index contributed by atoms with van der Waals surface area (Å²) >= 11 is 2.38. The van der Waals surface area contributed by atoms with Crippen LogP contribution < -0.4 is 0 Å². The maximum absolute atomic E-state index is 3.80. The lowest BCUT2D eigenvalue weighted by atomic mass is 10.0. The number of hydrogen-bond donors (Lipinski definition) is 0. The predicted molar refractivity (Wildman–Crippen MR) is 58.3 cm³/mol. The second-order valence-corrected chi connectivity index (χ2v) is 3.29. The smallest absolute Gasteiger partial charge is 0.0105 e. The molecule has 1 aromatic carbocycles. The summed E-state index contributed by atoms with van der Waals surface area (Å²) in [6.45, 7) is 3.80. The molecule has 0 aliphatic heterocycles. The molecule has 0 fully saturated rings. The maximum Gasteiger partial charge on any atom is 0.0105 e. The van der Waals surface area contributed by atoms with Gasteiger partial charge in [0.15, 0.2) is 0 Å². The van der Waals surface area contributed by atoms with Crippen molar-refractivity contribution in [3.8, 4) is 0 Å². The van der Waals surface area contributed by atoms with Crippen LogP contribution in [0.15, 0.2) is 43.0 Å². The van der Waals surface area contributed by atoms with Crippen molar-refractivity contribution in [1.82, 2.24) is 0 Å². The van der Waals surface area contributed by atoms with Crippen molar-refractivity contribution < 1.29 is 0 Å². The zero-order valence-electron chi connectivity index (χ0n) is 6.33. The number of benzene rings is 1. The van der Waals surface area contributed by atoms with Gasteiger partial charge in [0.2, 0.25) is 0 Å². The van der Waals surface area contributed by atoms with Gasteiger partial charge < -0.3 is 0 Å². The Morgan fingerprint density at radius 1 is 1.36 bits per heavy atom. The van der Waals surface area contributed by atoms with Crippen LogP contribution in [-0.2, 0) is 0 Å². The zero-order valence-corrected chi connectivity index (χ0v) is 8.49. The number of allylic oxidation sites excluding steroid dienone is 1. The fourth-order valence-corrected chi connectivity index (χ4v) is 1.86. The first-order valence-corrected chi connectivity index (χ1v) is 5.14. The second-order valence-electron chi connectivity index (χ2n) is 2.41. The molecule has 0 nitrogen and oxygen atoms in total. The average molecular weight is 258 g/mol. The summed E-state index contributed by atoms with van der Waals surface area (Å²) in [4.78, 5) is 0. The molecule has 1 heteroatoms. The Morgan fingerprint density at radius 2 is 2.00 bits per heavy atom. The minimum Gasteiger partial charge on any atom is -0.102 e. The summed E-state index contributed by atoms with van der Waals surface area (Å²) in [7, 11) is 0. The van der Waals surface area contributed by atoms with Crippen molar-refractivity contribution in [1.29, 1.82) is 0 Å². The molecule has 0 bridgehead atoms. The van der Waals surface area contributed by atoms with Gasteiger partial charge in [-0.3, -0.25) is 0 Å². The third kappa shape index (κ3) is 2.33. The van der Waals surface area contributed by atoms with Crippen molar-refractivity contribution >= 4 is 22.6 Å². The molecule has 0 aliphatic rings. The highest BCUT2D eigenvalue weighted by Crippen LogP contribution is 2.18. The van der Waals surface area contributed by atoms with Crippen molar-refractivity contribution in [3.63, 3.8) is 0 Å². The van der Waals surface area contributed by atoms with Gasteiger partial charge in [0.05, 0.1) is 0 Å². The summed E-state index contributed by atoms with van der Waals surface area (Å²) in [6.07, 6.45) is 2.00. The number of hydrogen-bond acceptors (Lipinski definition) is 0. The molecule has 1 aromatic rings. The molecule has 1 rings (SSSR count). The maximum atomic E-state index is 3.80. The molecule has 0 radical (unpaired) electrons. The van der Waals surface area contributed by atoms with Crippen molar-refractivity contribution in [3.05, 3.63) is 48.6 Å². The summed E-state index contributed by atoms with van der Waals surface area (Å²) in [5.74, 6) is 0.511. The van der Waals surface area contributed by atoms with Crippen LogP contribution >= 0.6 is 22.6 Å². The molecule has 0 aromatic heterocycles. The van der Waals surface area contributed by atoms with Gasteiger partial charge in [-0.1, -0.05) is 59.0 Å². The monoisotopic (exact) mass is 258 g/mol. The Bertz CT molecular complexity index is 216. The van der Waals surface area contributed by atoms with Gasteiger partial charge in [0, 0.05) is 10.3 Å². The summed E-state index contributed by atoms with van der Waals surface area (Å²) < 4.78 is 1.10. The second kappa shape index (κ2) is 4.54. The number of alkyl halides is 1. The Labute approximate surface area is 81.5 Å². The molecular weight excluding hydrogens is 247 g/mol. The van der Waals surface area contributed by atoms with E-state index >= 15 is 0 Å². The number of halogens is 1. The fourth-order valence-electron chi connectivity index (χ4n) is 0.988. The van der Waals surface area contributed by atoms with Gasteiger partial charge in [-0.25, -0.2) is 0 Å². The van der Waals surface area contributed by atoms with Gasteiger partial charge >= 0.3 is 0 Å². The van der Waals surface area contributed by atoms with Crippen LogP contribution in [0.25, 0.3) is 0 Å². The third-order valence-electron chi connectivity index (χ3n) is 1.68. The van der Waals surface area contributed by atoms with E-state index in [2.05, 4.69) is 53.4 Å². The van der Waals surface area contributed by atoms with E-state index < -0.39 is 0 Å². The molecule has 0 spiro atoms. The van der Waals surface area contributed by atoms with Gasteiger partial charge in [-0.05, 0) is 5.56 Å². The van der Waals surface area contributed by atoms with Crippen LogP contribution in [0.4, 0.5) is 0 Å². The lowest BCUT2D eigenvalue weighted by Crippen LogP contribution is -1.94. The van der Waals surface area contributed by atoms with Crippen LogP contribution in [0, 0.1) is 0 Å². The van der Waals surface area contributed by atoms with Crippen molar-refractivity contribution in [2.24, 2.45) is 0 Å². The van der Waals surface area contributed by atoms with Gasteiger partial charge in [-0.15, -0.1) is 6.58 Å². The highest BCUT2D eigenvalue weighted by molar-refractivity contribution is 14.1. The molecule has 11 heavy (non-hydrogen) atoms. The Hall–Kier alpha value is -0.310. The molecule has 0 amide bonds. The minimum absolute atomic E-state index is 0.511. The average Bonchev–Trinajstić information content (AvgIpc) is 2.09. The Morgan fingerprint density at radius 3 is 2.45 bits per heavy atom. The topological polar surface area (TPSA) is 0 Å². The van der Waals surface area contributed by atoms with E-state index in [9.17, 15) is 0 Å². The molecule has 0 aliphatic carbocycles. The Balaban J connectivity index is 2.82. The van der Waals surface area contributed by atoms with E-state index in [1.54, 1.807) is 0 Å². The zero-order chi connectivity index (χ0) is 8.10. The van der Waals surface area contributed by atoms with E-state index in [0.717, 1.165) is 4.43 Å². The van der Waals surface area contributed by atoms with E-state index in [4.69, 9.17) is 0 Å². The standard InChI is InChI=1S/C10H11I/c1-2-9(8-11)10-6-4-3-5-7-10/h2-7,9H,1,8H2. The largest absolute Gasteiger partial charge is 0.102 e. The molecule has 0 saturated carbocycles.